The van der Waals surface area contributed by atoms with Crippen molar-refractivity contribution in [3.05, 3.63) is 83.1 Å². The van der Waals surface area contributed by atoms with Gasteiger partial charge in [0.15, 0.2) is 0 Å². The van der Waals surface area contributed by atoms with Gasteiger partial charge >= 0.3 is 0 Å². The first-order chi connectivity index (χ1) is 13.2. The molecule has 5 heteroatoms. The third-order valence-corrected chi connectivity index (χ3v) is 5.43. The lowest BCUT2D eigenvalue weighted by molar-refractivity contribution is 0.197. The number of imidazole rings is 1. The number of aromatic hydroxyl groups is 1. The van der Waals surface area contributed by atoms with E-state index < -0.39 is 0 Å². The predicted octanol–water partition coefficient (Wildman–Crippen LogP) is 4.05. The Kier molecular flexibility index (Phi) is 3.76. The van der Waals surface area contributed by atoms with E-state index in [4.69, 9.17) is 0 Å². The summed E-state index contributed by atoms with van der Waals surface area (Å²) in [5.41, 5.74) is 5.93. The molecule has 1 unspecified atom stereocenters. The summed E-state index contributed by atoms with van der Waals surface area (Å²) in [6.07, 6.45) is 2.87. The number of H-pyrrole nitrogens is 2. The standard InChI is InChI=1S/C22H22N4O/c1-14-12-23-20(24-14)13-26-10-9-18-17-7-2-3-8-19(17)25-21(18)22(26)15-5-4-6-16(27)11-15/h2-8,11-12,22,25,27H,9-10,13H2,1H3,(H,23,24). The number of aromatic nitrogens is 3. The number of para-hydroxylation sites is 1. The number of benzene rings is 2. The Balaban J connectivity index is 1.63. The van der Waals surface area contributed by atoms with E-state index in [1.54, 1.807) is 6.07 Å². The molecule has 0 radical (unpaired) electrons. The minimum absolute atomic E-state index is 0.0543. The van der Waals surface area contributed by atoms with Crippen LogP contribution >= 0.6 is 0 Å². The van der Waals surface area contributed by atoms with Crippen LogP contribution in [0, 0.1) is 6.92 Å². The van der Waals surface area contributed by atoms with E-state index in [0.717, 1.165) is 36.6 Å². The molecule has 2 aromatic heterocycles. The van der Waals surface area contributed by atoms with Crippen molar-refractivity contribution in [2.24, 2.45) is 0 Å². The lowest BCUT2D eigenvalue weighted by atomic mass is 9.92. The summed E-state index contributed by atoms with van der Waals surface area (Å²) in [5, 5.41) is 11.4. The van der Waals surface area contributed by atoms with Gasteiger partial charge in [0.05, 0.1) is 12.6 Å². The Morgan fingerprint density at radius 1 is 1.15 bits per heavy atom. The Morgan fingerprint density at radius 3 is 2.85 bits per heavy atom. The molecular formula is C22H22N4O. The Morgan fingerprint density at radius 2 is 2.04 bits per heavy atom. The first kappa shape index (κ1) is 16.1. The first-order valence-corrected chi connectivity index (χ1v) is 9.32. The summed E-state index contributed by atoms with van der Waals surface area (Å²) >= 11 is 0. The molecule has 5 nitrogen and oxygen atoms in total. The van der Waals surface area contributed by atoms with Crippen molar-refractivity contribution < 1.29 is 5.11 Å². The normalized spacial score (nSPS) is 17.3. The maximum Gasteiger partial charge on any atom is 0.120 e. The number of nitrogens with zero attached hydrogens (tertiary/aromatic N) is 2. The minimum atomic E-state index is 0.0543. The average Bonchev–Trinajstić information content (AvgIpc) is 3.24. The van der Waals surface area contributed by atoms with Gasteiger partial charge in [-0.25, -0.2) is 4.98 Å². The molecule has 2 aromatic carbocycles. The SMILES string of the molecule is Cc1cnc(CN2CCc3c([nH]c4ccccc34)C2c2cccc(O)c2)[nH]1. The zero-order valence-corrected chi connectivity index (χ0v) is 15.2. The zero-order valence-electron chi connectivity index (χ0n) is 15.2. The van der Waals surface area contributed by atoms with Crippen LogP contribution in [0.15, 0.2) is 54.7 Å². The van der Waals surface area contributed by atoms with Gasteiger partial charge in [0.2, 0.25) is 0 Å². The number of rotatable bonds is 3. The van der Waals surface area contributed by atoms with Crippen LogP contribution in [0.2, 0.25) is 0 Å². The quantitative estimate of drug-likeness (QED) is 0.517. The number of fused-ring (bicyclic) bond motifs is 3. The van der Waals surface area contributed by atoms with E-state index >= 15 is 0 Å². The Labute approximate surface area is 157 Å². The molecule has 0 bridgehead atoms. The lowest BCUT2D eigenvalue weighted by Gasteiger charge is -2.35. The van der Waals surface area contributed by atoms with E-state index in [-0.39, 0.29) is 6.04 Å². The van der Waals surface area contributed by atoms with Crippen molar-refractivity contribution in [3.63, 3.8) is 0 Å². The molecule has 0 saturated heterocycles. The third kappa shape index (κ3) is 2.80. The van der Waals surface area contributed by atoms with Gasteiger partial charge in [0, 0.05) is 35.0 Å². The number of hydrogen-bond donors (Lipinski definition) is 3. The van der Waals surface area contributed by atoms with Crippen molar-refractivity contribution in [2.45, 2.75) is 25.9 Å². The second-order valence-corrected chi connectivity index (χ2v) is 7.29. The molecule has 1 atom stereocenters. The summed E-state index contributed by atoms with van der Waals surface area (Å²) in [6.45, 7) is 3.70. The van der Waals surface area contributed by atoms with Crippen LogP contribution in [0.1, 0.15) is 34.4 Å². The molecular weight excluding hydrogens is 336 g/mol. The van der Waals surface area contributed by atoms with Crippen molar-refractivity contribution in [1.82, 2.24) is 19.9 Å². The van der Waals surface area contributed by atoms with Crippen LogP contribution in [0.5, 0.6) is 5.75 Å². The van der Waals surface area contributed by atoms with E-state index in [1.807, 2.05) is 25.3 Å². The van der Waals surface area contributed by atoms with Gasteiger partial charge in [-0.15, -0.1) is 0 Å². The Bertz CT molecular complexity index is 1110. The van der Waals surface area contributed by atoms with Crippen LogP contribution in [0.25, 0.3) is 10.9 Å². The zero-order chi connectivity index (χ0) is 18.4. The highest BCUT2D eigenvalue weighted by Gasteiger charge is 2.32. The predicted molar refractivity (Wildman–Crippen MR) is 106 cm³/mol. The molecule has 3 heterocycles. The van der Waals surface area contributed by atoms with Gasteiger partial charge in [-0.2, -0.15) is 0 Å². The second kappa shape index (κ2) is 6.28. The molecule has 27 heavy (non-hydrogen) atoms. The number of aryl methyl sites for hydroxylation is 1. The van der Waals surface area contributed by atoms with Gasteiger partial charge in [0.1, 0.15) is 11.6 Å². The summed E-state index contributed by atoms with van der Waals surface area (Å²) in [5.74, 6) is 1.27. The van der Waals surface area contributed by atoms with Gasteiger partial charge < -0.3 is 15.1 Å². The molecule has 0 spiro atoms. The van der Waals surface area contributed by atoms with Crippen LogP contribution in [-0.4, -0.2) is 31.5 Å². The van der Waals surface area contributed by atoms with Crippen LogP contribution in [0.4, 0.5) is 0 Å². The van der Waals surface area contributed by atoms with E-state index in [1.165, 1.54) is 22.2 Å². The maximum atomic E-state index is 10.1. The molecule has 3 N–H and O–H groups in total. The number of aromatic amines is 2. The van der Waals surface area contributed by atoms with Crippen LogP contribution in [-0.2, 0) is 13.0 Å². The molecule has 136 valence electrons. The van der Waals surface area contributed by atoms with Crippen molar-refractivity contribution in [2.75, 3.05) is 6.54 Å². The van der Waals surface area contributed by atoms with E-state index in [0.29, 0.717) is 5.75 Å². The summed E-state index contributed by atoms with van der Waals surface area (Å²) in [4.78, 5) is 13.9. The molecule has 0 saturated carbocycles. The van der Waals surface area contributed by atoms with Crippen molar-refractivity contribution in [3.8, 4) is 5.75 Å². The number of nitrogens with one attached hydrogen (secondary N) is 2. The lowest BCUT2D eigenvalue weighted by Crippen LogP contribution is -2.36. The number of phenols is 1. The summed E-state index contributed by atoms with van der Waals surface area (Å²) in [7, 11) is 0. The topological polar surface area (TPSA) is 67.9 Å². The molecule has 4 aromatic rings. The molecule has 0 fully saturated rings. The fraction of sp³-hybridized carbons (Fsp3) is 0.227. The minimum Gasteiger partial charge on any atom is -0.508 e. The summed E-state index contributed by atoms with van der Waals surface area (Å²) in [6, 6.07) is 16.1. The highest BCUT2D eigenvalue weighted by molar-refractivity contribution is 5.85. The highest BCUT2D eigenvalue weighted by atomic mass is 16.3. The van der Waals surface area contributed by atoms with E-state index in [2.05, 4.69) is 50.2 Å². The highest BCUT2D eigenvalue weighted by Crippen LogP contribution is 2.39. The van der Waals surface area contributed by atoms with Crippen molar-refractivity contribution >= 4 is 10.9 Å². The molecule has 1 aliphatic rings. The molecule has 0 amide bonds. The maximum absolute atomic E-state index is 10.1. The van der Waals surface area contributed by atoms with Crippen molar-refractivity contribution in [1.29, 1.82) is 0 Å². The summed E-state index contributed by atoms with van der Waals surface area (Å²) < 4.78 is 0. The number of phenolic OH excluding ortho intramolecular Hbond substituents is 1. The van der Waals surface area contributed by atoms with Crippen LogP contribution < -0.4 is 0 Å². The Hall–Kier alpha value is -3.05. The fourth-order valence-electron chi connectivity index (χ4n) is 4.27. The monoisotopic (exact) mass is 358 g/mol. The molecule has 0 aliphatic carbocycles. The molecule has 1 aliphatic heterocycles. The molecule has 5 rings (SSSR count). The third-order valence-electron chi connectivity index (χ3n) is 5.43. The van der Waals surface area contributed by atoms with Gasteiger partial charge in [-0.05, 0) is 42.7 Å². The van der Waals surface area contributed by atoms with Gasteiger partial charge in [-0.1, -0.05) is 30.3 Å². The fourth-order valence-corrected chi connectivity index (χ4v) is 4.27. The first-order valence-electron chi connectivity index (χ1n) is 9.32. The number of hydrogen-bond acceptors (Lipinski definition) is 3. The smallest absolute Gasteiger partial charge is 0.120 e. The van der Waals surface area contributed by atoms with E-state index in [9.17, 15) is 5.11 Å². The second-order valence-electron chi connectivity index (χ2n) is 7.29. The van der Waals surface area contributed by atoms with Crippen LogP contribution in [0.3, 0.4) is 0 Å². The van der Waals surface area contributed by atoms with Gasteiger partial charge in [0.25, 0.3) is 0 Å². The largest absolute Gasteiger partial charge is 0.508 e. The van der Waals surface area contributed by atoms with Gasteiger partial charge in [-0.3, -0.25) is 4.90 Å². The average molecular weight is 358 g/mol.